The van der Waals surface area contributed by atoms with Gasteiger partial charge in [0.05, 0.1) is 23.8 Å². The van der Waals surface area contributed by atoms with E-state index >= 15 is 0 Å². The van der Waals surface area contributed by atoms with Crippen molar-refractivity contribution in [3.8, 4) is 0 Å². The lowest BCUT2D eigenvalue weighted by Gasteiger charge is -2.08. The van der Waals surface area contributed by atoms with Crippen LogP contribution in [0.1, 0.15) is 10.5 Å². The van der Waals surface area contributed by atoms with Crippen molar-refractivity contribution in [2.45, 2.75) is 0 Å². The summed E-state index contributed by atoms with van der Waals surface area (Å²) in [6, 6.07) is 3.89. The van der Waals surface area contributed by atoms with E-state index in [9.17, 15) is 9.18 Å². The van der Waals surface area contributed by atoms with Crippen LogP contribution in [0.4, 0.5) is 21.6 Å². The maximum absolute atomic E-state index is 12.9. The van der Waals surface area contributed by atoms with Crippen LogP contribution in [0.2, 0.25) is 0 Å². The molecular formula is C11H9FN4O2. The number of hydrogen-bond donors (Lipinski definition) is 3. The van der Waals surface area contributed by atoms with Gasteiger partial charge in [-0.15, -0.1) is 0 Å². The maximum atomic E-state index is 12.9. The van der Waals surface area contributed by atoms with E-state index in [0.29, 0.717) is 5.69 Å². The van der Waals surface area contributed by atoms with E-state index in [1.807, 2.05) is 0 Å². The first-order valence-electron chi connectivity index (χ1n) is 4.93. The van der Waals surface area contributed by atoms with Crippen molar-refractivity contribution in [1.82, 2.24) is 9.97 Å². The smallest absolute Gasteiger partial charge is 0.354 e. The highest BCUT2D eigenvalue weighted by Gasteiger charge is 2.09. The molecule has 0 radical (unpaired) electrons. The third-order valence-electron chi connectivity index (χ3n) is 2.11. The van der Waals surface area contributed by atoms with Gasteiger partial charge >= 0.3 is 5.97 Å². The van der Waals surface area contributed by atoms with Crippen LogP contribution >= 0.6 is 0 Å². The van der Waals surface area contributed by atoms with Crippen LogP contribution in [0, 0.1) is 5.82 Å². The summed E-state index contributed by atoms with van der Waals surface area (Å²) in [4.78, 5) is 18.2. The molecular weight excluding hydrogens is 239 g/mol. The number of carboxylic acids is 1. The second kappa shape index (κ2) is 4.66. The van der Waals surface area contributed by atoms with Gasteiger partial charge in [-0.05, 0) is 12.1 Å². The SMILES string of the molecule is Nc1ccc(C(=O)O)nc1Nc1cncc(F)c1. The van der Waals surface area contributed by atoms with Crippen molar-refractivity contribution in [3.63, 3.8) is 0 Å². The lowest BCUT2D eigenvalue weighted by molar-refractivity contribution is 0.0690. The molecule has 2 rings (SSSR count). The average molecular weight is 248 g/mol. The van der Waals surface area contributed by atoms with E-state index in [0.717, 1.165) is 6.20 Å². The minimum absolute atomic E-state index is 0.141. The number of nitrogens with one attached hydrogen (secondary N) is 1. The Kier molecular flexibility index (Phi) is 3.05. The lowest BCUT2D eigenvalue weighted by atomic mass is 10.3. The normalized spacial score (nSPS) is 10.1. The number of halogens is 1. The molecule has 0 aliphatic heterocycles. The van der Waals surface area contributed by atoms with Crippen molar-refractivity contribution in [2.24, 2.45) is 0 Å². The van der Waals surface area contributed by atoms with Gasteiger partial charge in [0.25, 0.3) is 0 Å². The predicted molar refractivity (Wildman–Crippen MR) is 63.1 cm³/mol. The van der Waals surface area contributed by atoms with Gasteiger partial charge in [0.1, 0.15) is 5.82 Å². The van der Waals surface area contributed by atoms with E-state index in [1.54, 1.807) is 0 Å². The number of aromatic carboxylic acids is 1. The van der Waals surface area contributed by atoms with Crippen LogP contribution in [-0.2, 0) is 0 Å². The Bertz CT molecular complexity index is 603. The van der Waals surface area contributed by atoms with E-state index < -0.39 is 11.8 Å². The fourth-order valence-electron chi connectivity index (χ4n) is 1.31. The molecule has 0 aromatic carbocycles. The van der Waals surface area contributed by atoms with E-state index in [-0.39, 0.29) is 17.2 Å². The molecule has 2 heterocycles. The van der Waals surface area contributed by atoms with Crippen molar-refractivity contribution in [1.29, 1.82) is 0 Å². The van der Waals surface area contributed by atoms with Gasteiger partial charge in [-0.2, -0.15) is 0 Å². The summed E-state index contributed by atoms with van der Waals surface area (Å²) in [6.07, 6.45) is 2.42. The summed E-state index contributed by atoms with van der Waals surface area (Å²) in [5.74, 6) is -1.55. The minimum Gasteiger partial charge on any atom is -0.477 e. The van der Waals surface area contributed by atoms with Crippen LogP contribution in [0.5, 0.6) is 0 Å². The summed E-state index contributed by atoms with van der Waals surface area (Å²) in [7, 11) is 0. The van der Waals surface area contributed by atoms with E-state index in [1.165, 1.54) is 24.4 Å². The number of rotatable bonds is 3. The minimum atomic E-state index is -1.17. The van der Waals surface area contributed by atoms with Crippen molar-refractivity contribution >= 4 is 23.2 Å². The molecule has 0 bridgehead atoms. The molecule has 0 fully saturated rings. The monoisotopic (exact) mass is 248 g/mol. The summed E-state index contributed by atoms with van der Waals surface area (Å²) >= 11 is 0. The first-order valence-corrected chi connectivity index (χ1v) is 4.93. The van der Waals surface area contributed by atoms with Crippen LogP contribution < -0.4 is 11.1 Å². The standard InChI is InChI=1S/C11H9FN4O2/c12-6-3-7(5-14-4-6)15-10-8(13)1-2-9(16-10)11(17)18/h1-5H,13H2,(H,15,16)(H,17,18). The Morgan fingerprint density at radius 1 is 1.39 bits per heavy atom. The van der Waals surface area contributed by atoms with Gasteiger partial charge in [0, 0.05) is 6.07 Å². The number of nitrogen functional groups attached to an aromatic ring is 1. The molecule has 2 aromatic rings. The van der Waals surface area contributed by atoms with Crippen LogP contribution in [0.3, 0.4) is 0 Å². The molecule has 6 nitrogen and oxygen atoms in total. The Labute approximate surface area is 101 Å². The molecule has 0 unspecified atom stereocenters. The first-order chi connectivity index (χ1) is 8.56. The molecule has 0 saturated heterocycles. The Morgan fingerprint density at radius 2 is 2.17 bits per heavy atom. The lowest BCUT2D eigenvalue weighted by Crippen LogP contribution is -2.06. The molecule has 4 N–H and O–H groups in total. The number of anilines is 3. The molecule has 18 heavy (non-hydrogen) atoms. The summed E-state index contributed by atoms with van der Waals surface area (Å²) in [6.45, 7) is 0. The average Bonchev–Trinajstić information content (AvgIpc) is 2.31. The number of pyridine rings is 2. The first kappa shape index (κ1) is 11.8. The van der Waals surface area contributed by atoms with Crippen LogP contribution in [-0.4, -0.2) is 21.0 Å². The molecule has 2 aromatic heterocycles. The highest BCUT2D eigenvalue weighted by Crippen LogP contribution is 2.21. The molecule has 0 atom stereocenters. The zero-order valence-electron chi connectivity index (χ0n) is 9.09. The van der Waals surface area contributed by atoms with Gasteiger partial charge in [0.15, 0.2) is 11.5 Å². The highest BCUT2D eigenvalue weighted by atomic mass is 19.1. The van der Waals surface area contributed by atoms with Gasteiger partial charge in [-0.3, -0.25) is 4.98 Å². The predicted octanol–water partition coefficient (Wildman–Crippen LogP) is 1.64. The van der Waals surface area contributed by atoms with Gasteiger partial charge < -0.3 is 16.2 Å². The highest BCUT2D eigenvalue weighted by molar-refractivity contribution is 5.87. The molecule has 0 aliphatic carbocycles. The zero-order valence-corrected chi connectivity index (χ0v) is 9.09. The Hall–Kier alpha value is -2.70. The third-order valence-corrected chi connectivity index (χ3v) is 2.11. The number of carboxylic acid groups (broad SMARTS) is 1. The Balaban J connectivity index is 2.33. The van der Waals surface area contributed by atoms with Gasteiger partial charge in [0.2, 0.25) is 0 Å². The fraction of sp³-hybridized carbons (Fsp3) is 0. The zero-order chi connectivity index (χ0) is 13.1. The molecule has 0 spiro atoms. The Morgan fingerprint density at radius 3 is 2.83 bits per heavy atom. The number of aromatic nitrogens is 2. The maximum Gasteiger partial charge on any atom is 0.354 e. The molecule has 0 saturated carbocycles. The topological polar surface area (TPSA) is 101 Å². The summed E-state index contributed by atoms with van der Waals surface area (Å²) in [5.41, 5.74) is 6.07. The van der Waals surface area contributed by atoms with Crippen molar-refractivity contribution < 1.29 is 14.3 Å². The quantitative estimate of drug-likeness (QED) is 0.763. The second-order valence-electron chi connectivity index (χ2n) is 3.46. The third kappa shape index (κ3) is 2.51. The molecule has 0 aliphatic rings. The largest absolute Gasteiger partial charge is 0.477 e. The molecule has 0 amide bonds. The number of hydrogen-bond acceptors (Lipinski definition) is 5. The molecule has 92 valence electrons. The van der Waals surface area contributed by atoms with E-state index in [2.05, 4.69) is 15.3 Å². The van der Waals surface area contributed by atoms with E-state index in [4.69, 9.17) is 10.8 Å². The van der Waals surface area contributed by atoms with Gasteiger partial charge in [-0.1, -0.05) is 0 Å². The van der Waals surface area contributed by atoms with Crippen molar-refractivity contribution in [3.05, 3.63) is 42.1 Å². The number of nitrogens with two attached hydrogens (primary N) is 1. The van der Waals surface area contributed by atoms with Gasteiger partial charge in [-0.25, -0.2) is 14.2 Å². The second-order valence-corrected chi connectivity index (χ2v) is 3.46. The number of nitrogens with zero attached hydrogens (tertiary/aromatic N) is 2. The van der Waals surface area contributed by atoms with Crippen LogP contribution in [0.25, 0.3) is 0 Å². The molecule has 7 heteroatoms. The fourth-order valence-corrected chi connectivity index (χ4v) is 1.31. The summed E-state index contributed by atoms with van der Waals surface area (Å²) < 4.78 is 12.9. The number of carbonyl (C=O) groups is 1. The summed E-state index contributed by atoms with van der Waals surface area (Å²) in [5, 5.41) is 11.5. The van der Waals surface area contributed by atoms with Crippen LogP contribution in [0.15, 0.2) is 30.6 Å². The van der Waals surface area contributed by atoms with Crippen molar-refractivity contribution in [2.75, 3.05) is 11.1 Å².